The molecule has 0 aliphatic heterocycles. The lowest BCUT2D eigenvalue weighted by Crippen LogP contribution is -2.12. The van der Waals surface area contributed by atoms with Crippen molar-refractivity contribution in [1.29, 1.82) is 0 Å². The van der Waals surface area contributed by atoms with Crippen LogP contribution >= 0.6 is 0 Å². The summed E-state index contributed by atoms with van der Waals surface area (Å²) < 4.78 is 39.4. The largest absolute Gasteiger partial charge is 0.493 e. The summed E-state index contributed by atoms with van der Waals surface area (Å²) in [6.07, 6.45) is 3.37. The number of unbranched alkanes of at least 4 members (excludes halogenated alkanes) is 2. The maximum atomic E-state index is 13.9. The first kappa shape index (κ1) is 27.0. The molecule has 196 valence electrons. The molecule has 0 fully saturated rings. The Hall–Kier alpha value is -4.06. The average molecular weight is 517 g/mol. The summed E-state index contributed by atoms with van der Waals surface area (Å²) in [5.41, 5.74) is 0.932. The van der Waals surface area contributed by atoms with Crippen molar-refractivity contribution in [2.75, 3.05) is 13.2 Å². The molecule has 6 heteroatoms. The monoisotopic (exact) mass is 516 g/mol. The molecule has 4 nitrogen and oxygen atoms in total. The Labute approximate surface area is 221 Å². The second-order valence-corrected chi connectivity index (χ2v) is 9.05. The topological polar surface area (TPSA) is 52.6 Å². The molecule has 0 unspecified atom stereocenters. The van der Waals surface area contributed by atoms with Gasteiger partial charge >= 0.3 is 0 Å². The summed E-state index contributed by atoms with van der Waals surface area (Å²) in [5.74, 6) is -1.06. The van der Waals surface area contributed by atoms with Crippen LogP contribution in [0, 0.1) is 11.6 Å². The molecule has 0 aromatic heterocycles. The number of benzene rings is 4. The van der Waals surface area contributed by atoms with E-state index in [2.05, 4.69) is 0 Å². The predicted octanol–water partition coefficient (Wildman–Crippen LogP) is 7.94. The summed E-state index contributed by atoms with van der Waals surface area (Å²) >= 11 is 0. The molecule has 0 N–H and O–H groups in total. The third-order valence-corrected chi connectivity index (χ3v) is 6.29. The third-order valence-electron chi connectivity index (χ3n) is 6.29. The van der Waals surface area contributed by atoms with E-state index in [-0.39, 0.29) is 22.3 Å². The standard InChI is InChI=1S/C32H30F2O4/c1-3-5-19-37-26-17-11-21-12-18-27(38-20-6-4-2)30(32(36)23-9-15-25(34)16-10-23)28(21)29(26)31(35)22-7-13-24(33)14-8-22/h7-18H,3-6,19-20H2,1-2H3. The van der Waals surface area contributed by atoms with Crippen molar-refractivity contribution in [1.82, 2.24) is 0 Å². The van der Waals surface area contributed by atoms with Gasteiger partial charge in [0.15, 0.2) is 11.6 Å². The Kier molecular flexibility index (Phi) is 8.85. The summed E-state index contributed by atoms with van der Waals surface area (Å²) in [6, 6.07) is 17.6. The summed E-state index contributed by atoms with van der Waals surface area (Å²) in [5, 5.41) is 1.03. The van der Waals surface area contributed by atoms with Crippen LogP contribution in [0.3, 0.4) is 0 Å². The van der Waals surface area contributed by atoms with Crippen molar-refractivity contribution in [2.45, 2.75) is 39.5 Å². The smallest absolute Gasteiger partial charge is 0.197 e. The highest BCUT2D eigenvalue weighted by atomic mass is 19.1. The maximum absolute atomic E-state index is 13.9. The number of carbonyl (C=O) groups is 2. The highest BCUT2D eigenvalue weighted by Gasteiger charge is 2.26. The molecule has 0 radical (unpaired) electrons. The minimum Gasteiger partial charge on any atom is -0.493 e. The lowest BCUT2D eigenvalue weighted by molar-refractivity contribution is 0.103. The Balaban J connectivity index is 2.00. The van der Waals surface area contributed by atoms with Crippen LogP contribution in [-0.4, -0.2) is 24.8 Å². The zero-order chi connectivity index (χ0) is 27.1. The molecular formula is C32H30F2O4. The lowest BCUT2D eigenvalue weighted by atomic mass is 9.89. The Morgan fingerprint density at radius 2 is 1.00 bits per heavy atom. The molecule has 0 aliphatic carbocycles. The van der Waals surface area contributed by atoms with Crippen LogP contribution in [0.25, 0.3) is 10.8 Å². The van der Waals surface area contributed by atoms with Crippen molar-refractivity contribution < 1.29 is 27.8 Å². The van der Waals surface area contributed by atoms with Crippen LogP contribution in [0.1, 0.15) is 71.4 Å². The summed E-state index contributed by atoms with van der Waals surface area (Å²) in [6.45, 7) is 4.85. The first-order chi connectivity index (χ1) is 18.4. The Bertz CT molecular complexity index is 1320. The van der Waals surface area contributed by atoms with Crippen molar-refractivity contribution in [2.24, 2.45) is 0 Å². The minimum absolute atomic E-state index is 0.205. The fourth-order valence-electron chi connectivity index (χ4n) is 4.22. The van der Waals surface area contributed by atoms with E-state index in [1.165, 1.54) is 48.5 Å². The van der Waals surface area contributed by atoms with Crippen LogP contribution in [-0.2, 0) is 0 Å². The van der Waals surface area contributed by atoms with E-state index in [0.29, 0.717) is 35.5 Å². The van der Waals surface area contributed by atoms with E-state index in [4.69, 9.17) is 9.47 Å². The van der Waals surface area contributed by atoms with Crippen LogP contribution in [0.4, 0.5) is 8.78 Å². The molecular weight excluding hydrogens is 486 g/mol. The van der Waals surface area contributed by atoms with Gasteiger partial charge in [-0.1, -0.05) is 38.8 Å². The fraction of sp³-hybridized carbons (Fsp3) is 0.250. The number of hydrogen-bond acceptors (Lipinski definition) is 4. The van der Waals surface area contributed by atoms with Crippen molar-refractivity contribution in [3.8, 4) is 11.5 Å². The first-order valence-electron chi connectivity index (χ1n) is 12.9. The molecule has 0 saturated heterocycles. The zero-order valence-corrected chi connectivity index (χ0v) is 21.6. The molecule has 0 amide bonds. The zero-order valence-electron chi connectivity index (χ0n) is 21.6. The van der Waals surface area contributed by atoms with Gasteiger partial charge in [-0.3, -0.25) is 9.59 Å². The van der Waals surface area contributed by atoms with E-state index >= 15 is 0 Å². The second kappa shape index (κ2) is 12.5. The highest BCUT2D eigenvalue weighted by molar-refractivity contribution is 6.26. The van der Waals surface area contributed by atoms with Crippen LogP contribution in [0.15, 0.2) is 72.8 Å². The summed E-state index contributed by atoms with van der Waals surface area (Å²) in [4.78, 5) is 27.9. The van der Waals surface area contributed by atoms with E-state index in [1.54, 1.807) is 24.3 Å². The minimum atomic E-state index is -0.460. The van der Waals surface area contributed by atoms with Crippen molar-refractivity contribution >= 4 is 22.3 Å². The second-order valence-electron chi connectivity index (χ2n) is 9.05. The number of rotatable bonds is 12. The fourth-order valence-corrected chi connectivity index (χ4v) is 4.22. The number of ketones is 2. The molecule has 4 aromatic carbocycles. The summed E-state index contributed by atoms with van der Waals surface area (Å²) in [7, 11) is 0. The van der Waals surface area contributed by atoms with Gasteiger partial charge in [0.05, 0.1) is 24.3 Å². The number of fused-ring (bicyclic) bond motifs is 1. The predicted molar refractivity (Wildman–Crippen MR) is 144 cm³/mol. The van der Waals surface area contributed by atoms with E-state index < -0.39 is 23.2 Å². The molecule has 0 atom stereocenters. The molecule has 0 heterocycles. The number of halogens is 2. The van der Waals surface area contributed by atoms with Crippen LogP contribution < -0.4 is 9.47 Å². The third kappa shape index (κ3) is 5.91. The first-order valence-corrected chi connectivity index (χ1v) is 12.9. The van der Waals surface area contributed by atoms with Crippen molar-refractivity contribution in [3.05, 3.63) is 107 Å². The van der Waals surface area contributed by atoms with Gasteiger partial charge in [-0.2, -0.15) is 0 Å². The van der Waals surface area contributed by atoms with Gasteiger partial charge in [-0.25, -0.2) is 8.78 Å². The molecule has 4 aromatic rings. The Morgan fingerprint density at radius 3 is 1.37 bits per heavy atom. The molecule has 4 rings (SSSR count). The average Bonchev–Trinajstić information content (AvgIpc) is 2.93. The molecule has 0 spiro atoms. The van der Waals surface area contributed by atoms with Gasteiger partial charge in [0, 0.05) is 16.5 Å². The SMILES string of the molecule is CCCCOc1ccc2ccc(OCCCC)c(C(=O)c3ccc(F)cc3)c2c1C(=O)c1ccc(F)cc1. The van der Waals surface area contributed by atoms with Gasteiger partial charge in [0.1, 0.15) is 23.1 Å². The number of carbonyl (C=O) groups excluding carboxylic acids is 2. The molecule has 0 saturated carbocycles. The van der Waals surface area contributed by atoms with Gasteiger partial charge < -0.3 is 9.47 Å². The normalized spacial score (nSPS) is 10.9. The quantitative estimate of drug-likeness (QED) is 0.142. The molecule has 0 bridgehead atoms. The molecule has 38 heavy (non-hydrogen) atoms. The van der Waals surface area contributed by atoms with E-state index in [0.717, 1.165) is 25.7 Å². The maximum Gasteiger partial charge on any atom is 0.197 e. The van der Waals surface area contributed by atoms with E-state index in [9.17, 15) is 18.4 Å². The van der Waals surface area contributed by atoms with Gasteiger partial charge in [0.25, 0.3) is 0 Å². The highest BCUT2D eigenvalue weighted by Crippen LogP contribution is 2.38. The van der Waals surface area contributed by atoms with Gasteiger partial charge in [0.2, 0.25) is 0 Å². The lowest BCUT2D eigenvalue weighted by Gasteiger charge is -2.19. The Morgan fingerprint density at radius 1 is 0.605 bits per heavy atom. The van der Waals surface area contributed by atoms with Gasteiger partial charge in [-0.15, -0.1) is 0 Å². The number of ether oxygens (including phenoxy) is 2. The molecule has 0 aliphatic rings. The van der Waals surface area contributed by atoms with Crippen LogP contribution in [0.5, 0.6) is 11.5 Å². The van der Waals surface area contributed by atoms with Crippen molar-refractivity contribution in [3.63, 3.8) is 0 Å². The van der Waals surface area contributed by atoms with E-state index in [1.807, 2.05) is 13.8 Å². The van der Waals surface area contributed by atoms with Gasteiger partial charge in [-0.05, 0) is 78.9 Å². The van der Waals surface area contributed by atoms with Crippen LogP contribution in [0.2, 0.25) is 0 Å². The number of hydrogen-bond donors (Lipinski definition) is 0.